The maximum absolute atomic E-state index is 13.1. The second-order valence-electron chi connectivity index (χ2n) is 17.5. The first kappa shape index (κ1) is 32.0. The van der Waals surface area contributed by atoms with Gasteiger partial charge in [0.2, 0.25) is 0 Å². The first-order valence-electron chi connectivity index (χ1n) is 18.0. The van der Waals surface area contributed by atoms with E-state index >= 15 is 0 Å². The normalized spacial score (nSPS) is 40.9. The molecule has 5 aliphatic carbocycles. The van der Waals surface area contributed by atoms with Crippen molar-refractivity contribution < 1.29 is 19.4 Å². The maximum atomic E-state index is 13.1. The Morgan fingerprint density at radius 2 is 1.66 bits per heavy atom. The van der Waals surface area contributed by atoms with Crippen LogP contribution in [0.4, 0.5) is 0 Å². The molecule has 244 valence electrons. The average Bonchev–Trinajstić information content (AvgIpc) is 3.55. The molecule has 5 aliphatic rings. The largest absolute Gasteiger partial charge is 0.504 e. The van der Waals surface area contributed by atoms with Gasteiger partial charge in [-0.05, 0) is 133 Å². The third-order valence-electron chi connectivity index (χ3n) is 15.1. The molecule has 1 aromatic carbocycles. The van der Waals surface area contributed by atoms with Crippen LogP contribution in [0.2, 0.25) is 0 Å². The SMILES string of the molecule is COc1cc(/C=C\C(=O)O[C@H]2CC[C@]34C[C@]35CC[C@]3(C)[C@@H]([C@H](C)CCCC(C)C)CC[C@@]3(C)[C@@H]5CC[C@H]4C2(C)C)ccc1O. The molecule has 9 atom stereocenters. The monoisotopic (exact) mass is 604 g/mol. The summed E-state index contributed by atoms with van der Waals surface area (Å²) in [6, 6.07) is 5.09. The summed E-state index contributed by atoms with van der Waals surface area (Å²) in [5.74, 6) is 4.24. The van der Waals surface area contributed by atoms with Crippen LogP contribution in [0.25, 0.3) is 6.08 Å². The standard InChI is InChI=1S/C40H60O4/c1-26(2)10-9-11-27(3)29-18-20-38(7)33-16-15-32-36(4,5)34(19-21-39(32)25-40(33,39)23-22-37(29,38)6)44-35(42)17-13-28-12-14-30(41)31(24-28)43-8/h12-14,17,24,26-27,29,32-34,41H,9-11,15-16,18-23,25H2,1-8H3/b17-13-/t27-,29-,32+,33+,34+,37-,38+,39-,40+/m1/s1. The first-order chi connectivity index (χ1) is 20.7. The molecular formula is C40H60O4. The van der Waals surface area contributed by atoms with Gasteiger partial charge in [0.25, 0.3) is 0 Å². The third kappa shape index (κ3) is 4.69. The number of carbonyl (C=O) groups excluding carboxylic acids is 1. The molecule has 0 heterocycles. The van der Waals surface area contributed by atoms with Crippen molar-refractivity contribution >= 4 is 12.0 Å². The number of ether oxygens (including phenoxy) is 2. The van der Waals surface area contributed by atoms with E-state index in [1.54, 1.807) is 24.3 Å². The summed E-state index contributed by atoms with van der Waals surface area (Å²) in [4.78, 5) is 13.1. The Bertz CT molecular complexity index is 1280. The van der Waals surface area contributed by atoms with Gasteiger partial charge in [0.15, 0.2) is 11.5 Å². The number of esters is 1. The van der Waals surface area contributed by atoms with Crippen LogP contribution in [-0.2, 0) is 9.53 Å². The second kappa shape index (κ2) is 11.1. The molecule has 0 aromatic heterocycles. The average molecular weight is 605 g/mol. The van der Waals surface area contributed by atoms with Gasteiger partial charge >= 0.3 is 5.97 Å². The van der Waals surface area contributed by atoms with Crippen molar-refractivity contribution in [2.24, 2.45) is 56.7 Å². The molecule has 2 spiro atoms. The lowest BCUT2D eigenvalue weighted by Gasteiger charge is -2.63. The summed E-state index contributed by atoms with van der Waals surface area (Å²) in [5, 5.41) is 9.88. The fourth-order valence-electron chi connectivity index (χ4n) is 12.7. The van der Waals surface area contributed by atoms with E-state index in [9.17, 15) is 9.90 Å². The van der Waals surface area contributed by atoms with Crippen LogP contribution >= 0.6 is 0 Å². The van der Waals surface area contributed by atoms with Crippen LogP contribution in [-0.4, -0.2) is 24.3 Å². The molecule has 4 heteroatoms. The van der Waals surface area contributed by atoms with Gasteiger partial charge < -0.3 is 14.6 Å². The van der Waals surface area contributed by atoms with Crippen LogP contribution in [0.5, 0.6) is 11.5 Å². The summed E-state index contributed by atoms with van der Waals surface area (Å²) in [6.45, 7) is 17.6. The van der Waals surface area contributed by atoms with Crippen molar-refractivity contribution in [1.29, 1.82) is 0 Å². The topological polar surface area (TPSA) is 55.8 Å². The van der Waals surface area contributed by atoms with E-state index in [2.05, 4.69) is 48.5 Å². The maximum Gasteiger partial charge on any atom is 0.331 e. The highest BCUT2D eigenvalue weighted by molar-refractivity contribution is 5.87. The number of benzene rings is 1. The summed E-state index contributed by atoms with van der Waals surface area (Å²) < 4.78 is 11.5. The third-order valence-corrected chi connectivity index (χ3v) is 15.1. The lowest BCUT2D eigenvalue weighted by Crippen LogP contribution is -2.58. The molecule has 4 nitrogen and oxygen atoms in total. The molecule has 0 aliphatic heterocycles. The number of rotatable bonds is 9. The number of hydrogen-bond acceptors (Lipinski definition) is 4. The lowest BCUT2D eigenvalue weighted by atomic mass is 9.41. The fourth-order valence-corrected chi connectivity index (χ4v) is 12.7. The van der Waals surface area contributed by atoms with Crippen molar-refractivity contribution in [2.45, 2.75) is 132 Å². The van der Waals surface area contributed by atoms with E-state index in [1.165, 1.54) is 83.8 Å². The lowest BCUT2D eigenvalue weighted by molar-refractivity contribution is -0.179. The Balaban J connectivity index is 1.14. The van der Waals surface area contributed by atoms with Crippen molar-refractivity contribution in [3.8, 4) is 11.5 Å². The molecule has 0 unspecified atom stereocenters. The van der Waals surface area contributed by atoms with Gasteiger partial charge in [-0.2, -0.15) is 0 Å². The summed E-state index contributed by atoms with van der Waals surface area (Å²) in [5.41, 5.74) is 2.69. The summed E-state index contributed by atoms with van der Waals surface area (Å²) >= 11 is 0. The number of phenols is 1. The predicted octanol–water partition coefficient (Wildman–Crippen LogP) is 10.2. The second-order valence-corrected chi connectivity index (χ2v) is 17.5. The first-order valence-corrected chi connectivity index (χ1v) is 18.0. The molecule has 5 fully saturated rings. The number of fused-ring (bicyclic) bond motifs is 2. The van der Waals surface area contributed by atoms with Crippen molar-refractivity contribution in [2.75, 3.05) is 7.11 Å². The zero-order chi connectivity index (χ0) is 31.7. The van der Waals surface area contributed by atoms with E-state index in [1.807, 2.05) is 0 Å². The molecule has 0 radical (unpaired) electrons. The molecule has 5 saturated carbocycles. The Hall–Kier alpha value is -1.97. The zero-order valence-electron chi connectivity index (χ0n) is 29.0. The summed E-state index contributed by atoms with van der Waals surface area (Å²) in [6.07, 6.45) is 19.4. The van der Waals surface area contributed by atoms with Crippen LogP contribution in [0.1, 0.15) is 131 Å². The molecule has 0 amide bonds. The molecule has 1 N–H and O–H groups in total. The van der Waals surface area contributed by atoms with Crippen LogP contribution in [0.15, 0.2) is 24.3 Å². The van der Waals surface area contributed by atoms with Gasteiger partial charge in [-0.1, -0.05) is 73.8 Å². The Kier molecular flexibility index (Phi) is 8.06. The van der Waals surface area contributed by atoms with Crippen LogP contribution < -0.4 is 4.74 Å². The minimum atomic E-state index is -0.272. The van der Waals surface area contributed by atoms with Gasteiger partial charge in [-0.3, -0.25) is 0 Å². The van der Waals surface area contributed by atoms with E-state index in [-0.39, 0.29) is 23.2 Å². The van der Waals surface area contributed by atoms with Crippen molar-refractivity contribution in [3.05, 3.63) is 29.8 Å². The molecule has 1 aromatic rings. The van der Waals surface area contributed by atoms with Gasteiger partial charge in [0, 0.05) is 11.5 Å². The van der Waals surface area contributed by atoms with Crippen LogP contribution in [0.3, 0.4) is 0 Å². The van der Waals surface area contributed by atoms with Crippen molar-refractivity contribution in [3.63, 3.8) is 0 Å². The smallest absolute Gasteiger partial charge is 0.331 e. The van der Waals surface area contributed by atoms with E-state index in [0.29, 0.717) is 33.3 Å². The van der Waals surface area contributed by atoms with Crippen molar-refractivity contribution in [1.82, 2.24) is 0 Å². The Morgan fingerprint density at radius 1 is 0.932 bits per heavy atom. The molecular weight excluding hydrogens is 544 g/mol. The predicted molar refractivity (Wildman–Crippen MR) is 178 cm³/mol. The van der Waals surface area contributed by atoms with Gasteiger partial charge in [-0.25, -0.2) is 4.79 Å². The van der Waals surface area contributed by atoms with E-state index in [0.717, 1.165) is 35.7 Å². The quantitative estimate of drug-likeness (QED) is 0.225. The molecule has 44 heavy (non-hydrogen) atoms. The number of phenolic OH excluding ortho intramolecular Hbond substituents is 1. The van der Waals surface area contributed by atoms with E-state index < -0.39 is 0 Å². The van der Waals surface area contributed by atoms with Crippen LogP contribution in [0, 0.1) is 56.7 Å². The number of hydrogen-bond donors (Lipinski definition) is 1. The Labute approximate surface area is 267 Å². The highest BCUT2D eigenvalue weighted by Gasteiger charge is 2.82. The zero-order valence-corrected chi connectivity index (χ0v) is 29.0. The fraction of sp³-hybridized carbons (Fsp3) is 0.775. The molecule has 6 rings (SSSR count). The number of methoxy groups -OCH3 is 1. The van der Waals surface area contributed by atoms with Gasteiger partial charge in [0.1, 0.15) is 6.10 Å². The van der Waals surface area contributed by atoms with E-state index in [4.69, 9.17) is 9.47 Å². The number of carbonyl (C=O) groups is 1. The summed E-state index contributed by atoms with van der Waals surface area (Å²) in [7, 11) is 1.53. The highest BCUT2D eigenvalue weighted by atomic mass is 16.5. The molecule has 0 saturated heterocycles. The van der Waals surface area contributed by atoms with Gasteiger partial charge in [0.05, 0.1) is 7.11 Å². The molecule has 0 bridgehead atoms. The van der Waals surface area contributed by atoms with Gasteiger partial charge in [-0.15, -0.1) is 0 Å². The highest BCUT2D eigenvalue weighted by Crippen LogP contribution is 2.89. The number of aromatic hydroxyl groups is 1. The minimum Gasteiger partial charge on any atom is -0.504 e. The minimum absolute atomic E-state index is 0.0250. The Morgan fingerprint density at radius 3 is 2.39 bits per heavy atom.